The van der Waals surface area contributed by atoms with Crippen LogP contribution in [-0.4, -0.2) is 87.4 Å². The Hall–Kier alpha value is -0.610. The van der Waals surface area contributed by atoms with Crippen LogP contribution in [0.5, 0.6) is 0 Å². The third-order valence-electron chi connectivity index (χ3n) is 6.58. The molecule has 0 atom stereocenters. The normalized spacial score (nSPS) is 24.4. The van der Waals surface area contributed by atoms with Crippen molar-refractivity contribution in [1.29, 1.82) is 0 Å². The number of nitrogens with one attached hydrogen (secondary N) is 1. The van der Waals surface area contributed by atoms with Gasteiger partial charge in [0.15, 0.2) is 5.96 Å². The van der Waals surface area contributed by atoms with E-state index < -0.39 is 0 Å². The summed E-state index contributed by atoms with van der Waals surface area (Å²) >= 11 is 0. The van der Waals surface area contributed by atoms with E-state index >= 15 is 0 Å². The lowest BCUT2D eigenvalue weighted by molar-refractivity contribution is -0.146. The molecule has 3 fully saturated rings. The Morgan fingerprint density at radius 2 is 1.79 bits per heavy atom. The number of ether oxygens (including phenoxy) is 2. The molecule has 1 saturated carbocycles. The second-order valence-corrected chi connectivity index (χ2v) is 8.07. The van der Waals surface area contributed by atoms with E-state index in [0.29, 0.717) is 0 Å². The zero-order valence-electron chi connectivity index (χ0n) is 17.5. The van der Waals surface area contributed by atoms with Gasteiger partial charge in [-0.1, -0.05) is 19.3 Å². The molecule has 0 bridgehead atoms. The number of nitrogens with zero attached hydrogens (tertiary/aromatic N) is 3. The van der Waals surface area contributed by atoms with Crippen LogP contribution < -0.4 is 5.32 Å². The lowest BCUT2D eigenvalue weighted by Crippen LogP contribution is -2.61. The average Bonchev–Trinajstić information content (AvgIpc) is 2.75. The first-order valence-corrected chi connectivity index (χ1v) is 10.5. The van der Waals surface area contributed by atoms with Crippen LogP contribution in [0.1, 0.15) is 44.9 Å². The number of rotatable bonds is 4. The minimum Gasteiger partial charge on any atom is -0.469 e. The summed E-state index contributed by atoms with van der Waals surface area (Å²) in [5, 5.41) is 3.68. The van der Waals surface area contributed by atoms with Crippen LogP contribution in [-0.2, 0) is 14.3 Å². The molecule has 0 aromatic rings. The van der Waals surface area contributed by atoms with Crippen LogP contribution in [0.2, 0.25) is 0 Å². The molecule has 8 heteroatoms. The Balaban J connectivity index is 0.00000280. The summed E-state index contributed by atoms with van der Waals surface area (Å²) in [5.41, 5.74) is 0.225. The Kier molecular flexibility index (Phi) is 9.76. The molecule has 0 unspecified atom stereocenters. The molecule has 1 N–H and O–H groups in total. The number of halogens is 1. The number of guanidine groups is 1. The second kappa shape index (κ2) is 11.5. The minimum atomic E-state index is -0.0777. The molecule has 0 radical (unpaired) electrons. The smallest absolute Gasteiger partial charge is 0.308 e. The molecule has 28 heavy (non-hydrogen) atoms. The molecule has 3 rings (SSSR count). The molecule has 2 heterocycles. The zero-order valence-corrected chi connectivity index (χ0v) is 19.8. The van der Waals surface area contributed by atoms with Crippen LogP contribution in [0, 0.1) is 5.92 Å². The summed E-state index contributed by atoms with van der Waals surface area (Å²) in [7, 11) is 3.33. The molecule has 0 amide bonds. The second-order valence-electron chi connectivity index (χ2n) is 8.07. The highest BCUT2D eigenvalue weighted by Crippen LogP contribution is 2.34. The number of carbonyl (C=O) groups excluding carboxylic acids is 1. The van der Waals surface area contributed by atoms with Crippen LogP contribution >= 0.6 is 24.0 Å². The molecular weight excluding hydrogens is 471 g/mol. The largest absolute Gasteiger partial charge is 0.469 e. The van der Waals surface area contributed by atoms with Gasteiger partial charge >= 0.3 is 5.97 Å². The van der Waals surface area contributed by atoms with E-state index in [2.05, 4.69) is 20.1 Å². The SMILES string of the molecule is CN=C(NCC1(N2CCOCC2)CCCCC1)N1CCC(C(=O)OC)CC1.I. The van der Waals surface area contributed by atoms with E-state index in [-0.39, 0.29) is 41.4 Å². The first-order valence-electron chi connectivity index (χ1n) is 10.5. The number of morpholine rings is 1. The number of esters is 1. The molecule has 3 aliphatic rings. The Morgan fingerprint density at radius 3 is 2.36 bits per heavy atom. The molecule has 162 valence electrons. The summed E-state index contributed by atoms with van der Waals surface area (Å²) in [6, 6.07) is 0. The van der Waals surface area contributed by atoms with Gasteiger partial charge in [-0.05, 0) is 25.7 Å². The highest BCUT2D eigenvalue weighted by Gasteiger charge is 2.39. The van der Waals surface area contributed by atoms with E-state index in [1.165, 1.54) is 39.2 Å². The topological polar surface area (TPSA) is 66.4 Å². The number of piperidine rings is 1. The Labute approximate surface area is 186 Å². The van der Waals surface area contributed by atoms with Gasteiger partial charge in [0, 0.05) is 45.3 Å². The molecule has 7 nitrogen and oxygen atoms in total. The molecule has 2 aliphatic heterocycles. The lowest BCUT2D eigenvalue weighted by Gasteiger charge is -2.48. The third-order valence-corrected chi connectivity index (χ3v) is 6.58. The van der Waals surface area contributed by atoms with E-state index in [1.54, 1.807) is 0 Å². The van der Waals surface area contributed by atoms with Gasteiger partial charge in [-0.2, -0.15) is 0 Å². The Morgan fingerprint density at radius 1 is 1.14 bits per heavy atom. The first kappa shape index (κ1) is 23.7. The predicted molar refractivity (Wildman–Crippen MR) is 121 cm³/mol. The van der Waals surface area contributed by atoms with Crippen molar-refractivity contribution in [2.24, 2.45) is 10.9 Å². The van der Waals surface area contributed by atoms with Crippen molar-refractivity contribution in [1.82, 2.24) is 15.1 Å². The first-order chi connectivity index (χ1) is 13.2. The molecule has 2 saturated heterocycles. The van der Waals surface area contributed by atoms with Gasteiger partial charge < -0.3 is 19.7 Å². The van der Waals surface area contributed by atoms with Crippen molar-refractivity contribution in [3.63, 3.8) is 0 Å². The van der Waals surface area contributed by atoms with Gasteiger partial charge in [-0.15, -0.1) is 24.0 Å². The molecule has 0 aromatic carbocycles. The minimum absolute atomic E-state index is 0. The predicted octanol–water partition coefficient (Wildman–Crippen LogP) is 2.10. The van der Waals surface area contributed by atoms with Gasteiger partial charge in [0.25, 0.3) is 0 Å². The van der Waals surface area contributed by atoms with Crippen LogP contribution in [0.3, 0.4) is 0 Å². The lowest BCUT2D eigenvalue weighted by atomic mass is 9.79. The van der Waals surface area contributed by atoms with Gasteiger partial charge in [0.1, 0.15) is 0 Å². The van der Waals surface area contributed by atoms with Crippen molar-refractivity contribution < 1.29 is 14.3 Å². The van der Waals surface area contributed by atoms with Crippen molar-refractivity contribution in [2.45, 2.75) is 50.5 Å². The highest BCUT2D eigenvalue weighted by molar-refractivity contribution is 14.0. The zero-order chi connectivity index (χ0) is 19.1. The third kappa shape index (κ3) is 5.72. The monoisotopic (exact) mass is 508 g/mol. The fourth-order valence-corrected chi connectivity index (χ4v) is 4.92. The van der Waals surface area contributed by atoms with Gasteiger partial charge in [0.2, 0.25) is 0 Å². The van der Waals surface area contributed by atoms with Crippen LogP contribution in [0.4, 0.5) is 0 Å². The van der Waals surface area contributed by atoms with Gasteiger partial charge in [0.05, 0.1) is 26.2 Å². The summed E-state index contributed by atoms with van der Waals surface area (Å²) in [6.45, 7) is 6.40. The van der Waals surface area contributed by atoms with Crippen molar-refractivity contribution in [3.05, 3.63) is 0 Å². The van der Waals surface area contributed by atoms with E-state index in [4.69, 9.17) is 9.47 Å². The maximum Gasteiger partial charge on any atom is 0.308 e. The van der Waals surface area contributed by atoms with Crippen LogP contribution in [0.25, 0.3) is 0 Å². The number of likely N-dealkylation sites (tertiary alicyclic amines) is 1. The van der Waals surface area contributed by atoms with E-state index in [1.807, 2.05) is 7.05 Å². The maximum atomic E-state index is 11.8. The average molecular weight is 508 g/mol. The van der Waals surface area contributed by atoms with Gasteiger partial charge in [-0.25, -0.2) is 0 Å². The van der Waals surface area contributed by atoms with Crippen LogP contribution in [0.15, 0.2) is 4.99 Å². The molecule has 1 aliphatic carbocycles. The fraction of sp³-hybridized carbons (Fsp3) is 0.900. The standard InChI is InChI=1S/C20H36N4O3.HI/c1-21-19(23-10-6-17(7-11-23)18(25)26-2)22-16-20(8-4-3-5-9-20)24-12-14-27-15-13-24;/h17H,3-16H2,1-2H3,(H,21,22);1H. The van der Waals surface area contributed by atoms with Gasteiger partial charge in [-0.3, -0.25) is 14.7 Å². The van der Waals surface area contributed by atoms with Crippen molar-refractivity contribution in [2.75, 3.05) is 60.1 Å². The highest BCUT2D eigenvalue weighted by atomic mass is 127. The fourth-order valence-electron chi connectivity index (χ4n) is 4.92. The van der Waals surface area contributed by atoms with E-state index in [0.717, 1.165) is 64.7 Å². The number of carbonyl (C=O) groups is 1. The summed E-state index contributed by atoms with van der Waals surface area (Å²) < 4.78 is 10.5. The van der Waals surface area contributed by atoms with Crippen molar-refractivity contribution >= 4 is 35.9 Å². The summed E-state index contributed by atoms with van der Waals surface area (Å²) in [4.78, 5) is 21.2. The number of methoxy groups -OCH3 is 1. The summed E-state index contributed by atoms with van der Waals surface area (Å²) in [6.07, 6.45) is 8.14. The summed E-state index contributed by atoms with van der Waals surface area (Å²) in [5.74, 6) is 0.921. The molecular formula is C20H37IN4O3. The molecule has 0 aromatic heterocycles. The number of hydrogen-bond donors (Lipinski definition) is 1. The maximum absolute atomic E-state index is 11.8. The van der Waals surface area contributed by atoms with Crippen molar-refractivity contribution in [3.8, 4) is 0 Å². The quantitative estimate of drug-likeness (QED) is 0.272. The number of aliphatic imine (C=N–C) groups is 1. The number of hydrogen-bond acceptors (Lipinski definition) is 5. The van der Waals surface area contributed by atoms with E-state index in [9.17, 15) is 4.79 Å². The molecule has 0 spiro atoms. The Bertz CT molecular complexity index is 512.